The number of thiazole rings is 1. The molecule has 0 aliphatic heterocycles. The van der Waals surface area contributed by atoms with Crippen LogP contribution in [0.4, 0.5) is 0 Å². The van der Waals surface area contributed by atoms with Gasteiger partial charge in [-0.25, -0.2) is 4.98 Å². The molecule has 1 aromatic heterocycles. The Morgan fingerprint density at radius 1 is 1.44 bits per heavy atom. The van der Waals surface area contributed by atoms with E-state index < -0.39 is 0 Å². The Bertz CT molecular complexity index is 692. The summed E-state index contributed by atoms with van der Waals surface area (Å²) in [5, 5.41) is 3.46. The van der Waals surface area contributed by atoms with Gasteiger partial charge in [0.25, 0.3) is 0 Å². The molecule has 1 amide bonds. The van der Waals surface area contributed by atoms with Crippen LogP contribution in [0.5, 0.6) is 5.75 Å². The van der Waals surface area contributed by atoms with Gasteiger partial charge in [-0.2, -0.15) is 0 Å². The Morgan fingerprint density at radius 3 is 2.92 bits per heavy atom. The zero-order valence-electron chi connectivity index (χ0n) is 14.7. The van der Waals surface area contributed by atoms with E-state index in [9.17, 15) is 4.79 Å². The standard InChI is InChI=1S/C18H23ClN2O3S/c1-4-13(2)21(18(22)11-23-3)9-15-12-25-17(20-15)10-24-16-7-5-6-14(19)8-16/h5-8,12-13H,4,9-11H2,1-3H3. The van der Waals surface area contributed by atoms with Crippen molar-refractivity contribution in [3.8, 4) is 5.75 Å². The fourth-order valence-corrected chi connectivity index (χ4v) is 3.16. The van der Waals surface area contributed by atoms with Crippen LogP contribution in [0.1, 0.15) is 31.0 Å². The van der Waals surface area contributed by atoms with Gasteiger partial charge in [-0.05, 0) is 31.5 Å². The minimum atomic E-state index is -0.0263. The third kappa shape index (κ3) is 5.99. The molecule has 0 aliphatic rings. The molecule has 1 aromatic carbocycles. The molecule has 25 heavy (non-hydrogen) atoms. The molecule has 0 radical (unpaired) electrons. The maximum Gasteiger partial charge on any atom is 0.249 e. The van der Waals surface area contributed by atoms with Crippen LogP contribution in [-0.4, -0.2) is 35.5 Å². The highest BCUT2D eigenvalue weighted by molar-refractivity contribution is 7.09. The number of hydrogen-bond donors (Lipinski definition) is 0. The number of rotatable bonds is 9. The van der Waals surface area contributed by atoms with E-state index >= 15 is 0 Å². The van der Waals surface area contributed by atoms with Crippen molar-refractivity contribution in [2.45, 2.75) is 39.5 Å². The summed E-state index contributed by atoms with van der Waals surface area (Å²) in [7, 11) is 1.53. The molecule has 0 N–H and O–H groups in total. The maximum absolute atomic E-state index is 12.2. The molecule has 0 saturated heterocycles. The number of amides is 1. The molecule has 5 nitrogen and oxygen atoms in total. The van der Waals surface area contributed by atoms with Crippen molar-refractivity contribution in [2.75, 3.05) is 13.7 Å². The second-order valence-corrected chi connectivity index (χ2v) is 7.07. The first-order chi connectivity index (χ1) is 12.0. The molecular formula is C18H23ClN2O3S. The fourth-order valence-electron chi connectivity index (χ4n) is 2.28. The van der Waals surface area contributed by atoms with Gasteiger partial charge in [0.2, 0.25) is 5.91 Å². The van der Waals surface area contributed by atoms with E-state index in [4.69, 9.17) is 21.1 Å². The summed E-state index contributed by atoms with van der Waals surface area (Å²) < 4.78 is 10.7. The highest BCUT2D eigenvalue weighted by Gasteiger charge is 2.20. The van der Waals surface area contributed by atoms with Crippen LogP contribution in [0.15, 0.2) is 29.6 Å². The number of hydrogen-bond acceptors (Lipinski definition) is 5. The molecule has 136 valence electrons. The Labute approximate surface area is 157 Å². The first kappa shape index (κ1) is 19.7. The van der Waals surface area contributed by atoms with E-state index in [0.29, 0.717) is 23.9 Å². The van der Waals surface area contributed by atoms with Gasteiger partial charge in [-0.1, -0.05) is 24.6 Å². The maximum atomic E-state index is 12.2. The van der Waals surface area contributed by atoms with Gasteiger partial charge < -0.3 is 14.4 Å². The summed E-state index contributed by atoms with van der Waals surface area (Å²) in [6, 6.07) is 7.40. The average molecular weight is 383 g/mol. The molecule has 1 atom stereocenters. The molecule has 0 spiro atoms. The Morgan fingerprint density at radius 2 is 2.24 bits per heavy atom. The lowest BCUT2D eigenvalue weighted by Crippen LogP contribution is -2.39. The van der Waals surface area contributed by atoms with E-state index in [0.717, 1.165) is 17.1 Å². The molecule has 1 unspecified atom stereocenters. The minimum Gasteiger partial charge on any atom is -0.486 e. The lowest BCUT2D eigenvalue weighted by Gasteiger charge is -2.27. The minimum absolute atomic E-state index is 0.0263. The molecule has 2 rings (SSSR count). The van der Waals surface area contributed by atoms with E-state index in [1.54, 1.807) is 17.0 Å². The van der Waals surface area contributed by atoms with Gasteiger partial charge in [-0.15, -0.1) is 11.3 Å². The van der Waals surface area contributed by atoms with Gasteiger partial charge in [0, 0.05) is 23.6 Å². The first-order valence-corrected chi connectivity index (χ1v) is 9.39. The number of methoxy groups -OCH3 is 1. The number of ether oxygens (including phenoxy) is 2. The number of carbonyl (C=O) groups is 1. The molecule has 0 saturated carbocycles. The number of nitrogens with zero attached hydrogens (tertiary/aromatic N) is 2. The summed E-state index contributed by atoms with van der Waals surface area (Å²) in [4.78, 5) is 18.6. The lowest BCUT2D eigenvalue weighted by atomic mass is 10.2. The number of benzene rings is 1. The monoisotopic (exact) mass is 382 g/mol. The van der Waals surface area contributed by atoms with Crippen LogP contribution in [0.2, 0.25) is 5.02 Å². The van der Waals surface area contributed by atoms with Crippen molar-refractivity contribution in [2.24, 2.45) is 0 Å². The predicted molar refractivity (Wildman–Crippen MR) is 100 cm³/mol. The van der Waals surface area contributed by atoms with Gasteiger partial charge in [-0.3, -0.25) is 4.79 Å². The number of carbonyl (C=O) groups excluding carboxylic acids is 1. The zero-order chi connectivity index (χ0) is 18.2. The highest BCUT2D eigenvalue weighted by Crippen LogP contribution is 2.20. The molecular weight excluding hydrogens is 360 g/mol. The predicted octanol–water partition coefficient (Wildman–Crippen LogP) is 4.15. The van der Waals surface area contributed by atoms with Crippen LogP contribution >= 0.6 is 22.9 Å². The van der Waals surface area contributed by atoms with Crippen molar-refractivity contribution < 1.29 is 14.3 Å². The SMILES string of the molecule is CCC(C)N(Cc1csc(COc2cccc(Cl)c2)n1)C(=O)COC. The van der Waals surface area contributed by atoms with Crippen molar-refractivity contribution in [3.63, 3.8) is 0 Å². The largest absolute Gasteiger partial charge is 0.486 e. The van der Waals surface area contributed by atoms with Gasteiger partial charge in [0.1, 0.15) is 24.0 Å². The van der Waals surface area contributed by atoms with Crippen LogP contribution in [0, 0.1) is 0 Å². The second-order valence-electron chi connectivity index (χ2n) is 5.69. The summed E-state index contributed by atoms with van der Waals surface area (Å²) >= 11 is 7.47. The quantitative estimate of drug-likeness (QED) is 0.653. The molecule has 0 fully saturated rings. The van der Waals surface area contributed by atoms with Gasteiger partial charge >= 0.3 is 0 Å². The third-order valence-electron chi connectivity index (χ3n) is 3.80. The van der Waals surface area contributed by atoms with Crippen LogP contribution in [-0.2, 0) is 22.7 Å². The van der Waals surface area contributed by atoms with Crippen molar-refractivity contribution in [3.05, 3.63) is 45.4 Å². The summed E-state index contributed by atoms with van der Waals surface area (Å²) in [5.74, 6) is 0.683. The average Bonchev–Trinajstić information content (AvgIpc) is 3.05. The smallest absolute Gasteiger partial charge is 0.249 e. The first-order valence-electron chi connectivity index (χ1n) is 8.13. The van der Waals surface area contributed by atoms with Crippen molar-refractivity contribution in [1.29, 1.82) is 0 Å². The van der Waals surface area contributed by atoms with Gasteiger partial charge in [0.15, 0.2) is 0 Å². The summed E-state index contributed by atoms with van der Waals surface area (Å²) in [6.45, 7) is 5.02. The Balaban J connectivity index is 1.97. The van der Waals surface area contributed by atoms with E-state index in [1.165, 1.54) is 18.4 Å². The zero-order valence-corrected chi connectivity index (χ0v) is 16.3. The number of aromatic nitrogens is 1. The van der Waals surface area contributed by atoms with E-state index in [-0.39, 0.29) is 18.6 Å². The molecule has 0 bridgehead atoms. The molecule has 7 heteroatoms. The Kier molecular flexibility index (Phi) is 7.68. The normalized spacial score (nSPS) is 12.0. The van der Waals surface area contributed by atoms with E-state index in [1.807, 2.05) is 24.4 Å². The van der Waals surface area contributed by atoms with Gasteiger partial charge in [0.05, 0.1) is 12.2 Å². The molecule has 0 aliphatic carbocycles. The van der Waals surface area contributed by atoms with Crippen LogP contribution < -0.4 is 4.74 Å². The van der Waals surface area contributed by atoms with Crippen LogP contribution in [0.3, 0.4) is 0 Å². The Hall–Kier alpha value is -1.63. The highest BCUT2D eigenvalue weighted by atomic mass is 35.5. The number of halogens is 1. The van der Waals surface area contributed by atoms with Crippen molar-refractivity contribution >= 4 is 28.8 Å². The third-order valence-corrected chi connectivity index (χ3v) is 4.91. The topological polar surface area (TPSA) is 51.7 Å². The molecule has 2 aromatic rings. The lowest BCUT2D eigenvalue weighted by molar-refractivity contribution is -0.138. The van der Waals surface area contributed by atoms with Crippen LogP contribution in [0.25, 0.3) is 0 Å². The second kappa shape index (κ2) is 9.75. The van der Waals surface area contributed by atoms with E-state index in [2.05, 4.69) is 11.9 Å². The summed E-state index contributed by atoms with van der Waals surface area (Å²) in [6.07, 6.45) is 0.879. The van der Waals surface area contributed by atoms with Crippen molar-refractivity contribution in [1.82, 2.24) is 9.88 Å². The summed E-state index contributed by atoms with van der Waals surface area (Å²) in [5.41, 5.74) is 0.861. The fraction of sp³-hybridized carbons (Fsp3) is 0.444. The molecule has 1 heterocycles.